The molecule has 0 N–H and O–H groups in total. The van der Waals surface area contributed by atoms with E-state index in [-0.39, 0.29) is 18.3 Å². The van der Waals surface area contributed by atoms with Crippen LogP contribution in [0.4, 0.5) is 9.52 Å². The number of halogens is 1. The van der Waals surface area contributed by atoms with E-state index in [4.69, 9.17) is 4.74 Å². The number of nitrogens with zero attached hydrogens (tertiary/aromatic N) is 4. The quantitative estimate of drug-likeness (QED) is 0.605. The predicted molar refractivity (Wildman–Crippen MR) is 114 cm³/mol. The van der Waals surface area contributed by atoms with E-state index in [0.717, 1.165) is 29.5 Å². The lowest BCUT2D eigenvalue weighted by atomic mass is 10.1. The summed E-state index contributed by atoms with van der Waals surface area (Å²) in [4.78, 5) is 21.2. The van der Waals surface area contributed by atoms with E-state index in [9.17, 15) is 9.18 Å². The molecule has 156 valence electrons. The molecule has 0 unspecified atom stereocenters. The van der Waals surface area contributed by atoms with Crippen LogP contribution in [0.1, 0.15) is 17.8 Å². The fourth-order valence-electron chi connectivity index (χ4n) is 3.34. The van der Waals surface area contributed by atoms with Gasteiger partial charge >= 0.3 is 0 Å². The van der Waals surface area contributed by atoms with Gasteiger partial charge in [0.1, 0.15) is 17.4 Å². The molecule has 1 fully saturated rings. The molecule has 3 aromatic rings. The Morgan fingerprint density at radius 2 is 1.83 bits per heavy atom. The molecule has 1 amide bonds. The van der Waals surface area contributed by atoms with Gasteiger partial charge in [-0.25, -0.2) is 9.37 Å². The second-order valence-corrected chi connectivity index (χ2v) is 7.85. The summed E-state index contributed by atoms with van der Waals surface area (Å²) in [5, 5.41) is 0.863. The Morgan fingerprint density at radius 3 is 2.63 bits per heavy atom. The molecule has 4 rings (SSSR count). The molecule has 0 spiro atoms. The van der Waals surface area contributed by atoms with Crippen molar-refractivity contribution < 1.29 is 13.9 Å². The van der Waals surface area contributed by atoms with Crippen molar-refractivity contribution in [3.63, 3.8) is 0 Å². The standard InChI is InChI=1S/C22H23FN4O2S/c23-18-9-7-17(8-10-18)15-20-24-22(30-25-20)27-12-4-11-26(13-14-27)21(28)16-29-19-5-2-1-3-6-19/h1-3,5-10H,4,11-16H2. The van der Waals surface area contributed by atoms with Crippen molar-refractivity contribution in [2.75, 3.05) is 37.7 Å². The van der Waals surface area contributed by atoms with Crippen LogP contribution in [0.15, 0.2) is 54.6 Å². The number of rotatable bonds is 6. The lowest BCUT2D eigenvalue weighted by molar-refractivity contribution is -0.133. The van der Waals surface area contributed by atoms with E-state index in [1.165, 1.54) is 23.7 Å². The molecule has 0 saturated carbocycles. The van der Waals surface area contributed by atoms with Crippen LogP contribution in [0.5, 0.6) is 5.75 Å². The Bertz CT molecular complexity index is 965. The number of hydrogen-bond acceptors (Lipinski definition) is 6. The first kappa shape index (κ1) is 20.3. The average molecular weight is 427 g/mol. The fourth-order valence-corrected chi connectivity index (χ4v) is 4.08. The number of anilines is 1. The number of aromatic nitrogens is 2. The van der Waals surface area contributed by atoms with Gasteiger partial charge in [0, 0.05) is 44.1 Å². The Hall–Kier alpha value is -3.00. The first-order valence-electron chi connectivity index (χ1n) is 9.95. The summed E-state index contributed by atoms with van der Waals surface area (Å²) in [6.45, 7) is 2.92. The van der Waals surface area contributed by atoms with Gasteiger partial charge in [-0.3, -0.25) is 4.79 Å². The molecule has 1 saturated heterocycles. The third-order valence-corrected chi connectivity index (χ3v) is 5.77. The lowest BCUT2D eigenvalue weighted by Gasteiger charge is -2.21. The maximum Gasteiger partial charge on any atom is 0.260 e. The van der Waals surface area contributed by atoms with Crippen molar-refractivity contribution in [3.05, 3.63) is 71.8 Å². The zero-order chi connectivity index (χ0) is 20.8. The van der Waals surface area contributed by atoms with Gasteiger partial charge in [-0.1, -0.05) is 30.3 Å². The van der Waals surface area contributed by atoms with Crippen LogP contribution in [-0.2, 0) is 11.2 Å². The average Bonchev–Trinajstić information content (AvgIpc) is 3.09. The van der Waals surface area contributed by atoms with Gasteiger partial charge in [0.05, 0.1) is 0 Å². The van der Waals surface area contributed by atoms with Gasteiger partial charge in [-0.05, 0) is 36.2 Å². The summed E-state index contributed by atoms with van der Waals surface area (Å²) in [5.41, 5.74) is 0.979. The van der Waals surface area contributed by atoms with Crippen LogP contribution >= 0.6 is 11.5 Å². The van der Waals surface area contributed by atoms with Gasteiger partial charge in [0.25, 0.3) is 5.91 Å². The molecule has 30 heavy (non-hydrogen) atoms. The zero-order valence-electron chi connectivity index (χ0n) is 16.5. The number of para-hydroxylation sites is 1. The summed E-state index contributed by atoms with van der Waals surface area (Å²) in [6.07, 6.45) is 1.44. The second-order valence-electron chi connectivity index (χ2n) is 7.12. The van der Waals surface area contributed by atoms with Gasteiger partial charge in [-0.15, -0.1) is 0 Å². The zero-order valence-corrected chi connectivity index (χ0v) is 17.4. The maximum absolute atomic E-state index is 13.1. The minimum absolute atomic E-state index is 0.00466. The first-order chi connectivity index (χ1) is 14.7. The third-order valence-electron chi connectivity index (χ3n) is 4.96. The van der Waals surface area contributed by atoms with Crippen LogP contribution in [0, 0.1) is 5.82 Å². The number of carbonyl (C=O) groups is 1. The Morgan fingerprint density at radius 1 is 1.03 bits per heavy atom. The smallest absolute Gasteiger partial charge is 0.260 e. The Kier molecular flexibility index (Phi) is 6.53. The number of ether oxygens (including phenoxy) is 1. The normalized spacial score (nSPS) is 14.4. The number of amides is 1. The van der Waals surface area contributed by atoms with E-state index in [1.807, 2.05) is 35.2 Å². The third kappa shape index (κ3) is 5.33. The summed E-state index contributed by atoms with van der Waals surface area (Å²) >= 11 is 1.37. The van der Waals surface area contributed by atoms with Crippen molar-refractivity contribution in [2.45, 2.75) is 12.8 Å². The summed E-state index contributed by atoms with van der Waals surface area (Å²) < 4.78 is 23.1. The summed E-state index contributed by atoms with van der Waals surface area (Å²) in [7, 11) is 0. The van der Waals surface area contributed by atoms with E-state index in [2.05, 4.69) is 14.3 Å². The lowest BCUT2D eigenvalue weighted by Crippen LogP contribution is -2.38. The Labute approximate surface area is 179 Å². The van der Waals surface area contributed by atoms with Crippen LogP contribution in [-0.4, -0.2) is 53.0 Å². The topological polar surface area (TPSA) is 58.6 Å². The first-order valence-corrected chi connectivity index (χ1v) is 10.7. The maximum atomic E-state index is 13.1. The summed E-state index contributed by atoms with van der Waals surface area (Å²) in [6, 6.07) is 15.8. The van der Waals surface area contributed by atoms with Crippen molar-refractivity contribution in [2.24, 2.45) is 0 Å². The highest BCUT2D eigenvalue weighted by atomic mass is 32.1. The van der Waals surface area contributed by atoms with E-state index >= 15 is 0 Å². The van der Waals surface area contributed by atoms with Crippen molar-refractivity contribution in [1.29, 1.82) is 0 Å². The minimum atomic E-state index is -0.247. The SMILES string of the molecule is O=C(COc1ccccc1)N1CCCN(c2nc(Cc3ccc(F)cc3)ns2)CC1. The van der Waals surface area contributed by atoms with Gasteiger partial charge in [0.2, 0.25) is 5.13 Å². The van der Waals surface area contributed by atoms with Crippen molar-refractivity contribution in [1.82, 2.24) is 14.3 Å². The van der Waals surface area contributed by atoms with Crippen LogP contribution in [0.2, 0.25) is 0 Å². The number of carbonyl (C=O) groups excluding carboxylic acids is 1. The van der Waals surface area contributed by atoms with Crippen LogP contribution < -0.4 is 9.64 Å². The molecule has 0 aliphatic carbocycles. The minimum Gasteiger partial charge on any atom is -0.484 e. The largest absolute Gasteiger partial charge is 0.484 e. The number of hydrogen-bond donors (Lipinski definition) is 0. The molecule has 1 aromatic heterocycles. The molecule has 1 aliphatic rings. The molecule has 2 aromatic carbocycles. The molecule has 0 radical (unpaired) electrons. The molecule has 0 atom stereocenters. The highest BCUT2D eigenvalue weighted by Gasteiger charge is 2.21. The molecule has 2 heterocycles. The van der Waals surface area contributed by atoms with Crippen molar-refractivity contribution >= 4 is 22.6 Å². The van der Waals surface area contributed by atoms with Gasteiger partial charge in [-0.2, -0.15) is 4.37 Å². The van der Waals surface area contributed by atoms with E-state index in [1.54, 1.807) is 12.1 Å². The highest BCUT2D eigenvalue weighted by Crippen LogP contribution is 2.21. The molecule has 8 heteroatoms. The second kappa shape index (κ2) is 9.67. The van der Waals surface area contributed by atoms with Crippen LogP contribution in [0.25, 0.3) is 0 Å². The van der Waals surface area contributed by atoms with E-state index in [0.29, 0.717) is 31.8 Å². The predicted octanol–water partition coefficient (Wildman–Crippen LogP) is 3.39. The number of benzene rings is 2. The molecule has 0 bridgehead atoms. The fraction of sp³-hybridized carbons (Fsp3) is 0.318. The van der Waals surface area contributed by atoms with Gasteiger partial charge in [0.15, 0.2) is 6.61 Å². The highest BCUT2D eigenvalue weighted by molar-refractivity contribution is 7.09. The van der Waals surface area contributed by atoms with E-state index < -0.39 is 0 Å². The van der Waals surface area contributed by atoms with Crippen molar-refractivity contribution in [3.8, 4) is 5.75 Å². The summed E-state index contributed by atoms with van der Waals surface area (Å²) in [5.74, 6) is 1.18. The van der Waals surface area contributed by atoms with Gasteiger partial charge < -0.3 is 14.5 Å². The molecular weight excluding hydrogens is 403 g/mol. The molecule has 1 aliphatic heterocycles. The molecular formula is C22H23FN4O2S. The van der Waals surface area contributed by atoms with Crippen LogP contribution in [0.3, 0.4) is 0 Å². The monoisotopic (exact) mass is 426 g/mol. The Balaban J connectivity index is 1.30. The molecule has 6 nitrogen and oxygen atoms in total.